The number of nitrogens with two attached hydrogens (primary N) is 1. The standard InChI is InChI=1S/C15H23N3O/c1-12(9-13-5-3-2-4-6-13)17-11-15(7-8-15)10-14(16)18-19/h2-6,12,17,19H,7-11H2,1H3,(H2,16,18). The van der Waals surface area contributed by atoms with Gasteiger partial charge in [0.1, 0.15) is 5.84 Å². The minimum atomic E-state index is 0.223. The molecule has 1 aliphatic carbocycles. The first-order valence-corrected chi connectivity index (χ1v) is 6.87. The van der Waals surface area contributed by atoms with Crippen molar-refractivity contribution >= 4 is 5.84 Å². The SMILES string of the molecule is CC(Cc1ccccc1)NCC1(CC(N)=NO)CC1. The van der Waals surface area contributed by atoms with Gasteiger partial charge in [-0.05, 0) is 37.2 Å². The monoisotopic (exact) mass is 261 g/mol. The van der Waals surface area contributed by atoms with Crippen LogP contribution in [0.2, 0.25) is 0 Å². The van der Waals surface area contributed by atoms with Crippen molar-refractivity contribution in [3.63, 3.8) is 0 Å². The van der Waals surface area contributed by atoms with Gasteiger partial charge in [-0.15, -0.1) is 0 Å². The molecule has 1 unspecified atom stereocenters. The molecule has 0 aliphatic heterocycles. The third kappa shape index (κ3) is 4.24. The molecule has 1 aromatic rings. The maximum atomic E-state index is 8.64. The van der Waals surface area contributed by atoms with Gasteiger partial charge in [0.15, 0.2) is 0 Å². The summed E-state index contributed by atoms with van der Waals surface area (Å²) in [5.74, 6) is 0.343. The van der Waals surface area contributed by atoms with Crippen LogP contribution in [0, 0.1) is 5.41 Å². The first-order chi connectivity index (χ1) is 9.13. The van der Waals surface area contributed by atoms with E-state index in [-0.39, 0.29) is 5.41 Å². The topological polar surface area (TPSA) is 70.6 Å². The van der Waals surface area contributed by atoms with E-state index >= 15 is 0 Å². The van der Waals surface area contributed by atoms with Crippen molar-refractivity contribution in [1.29, 1.82) is 0 Å². The summed E-state index contributed by atoms with van der Waals surface area (Å²) in [5, 5.41) is 15.3. The molecule has 1 aromatic carbocycles. The molecule has 1 atom stereocenters. The Bertz CT molecular complexity index is 426. The van der Waals surface area contributed by atoms with Crippen LogP contribution in [0.3, 0.4) is 0 Å². The van der Waals surface area contributed by atoms with E-state index in [4.69, 9.17) is 10.9 Å². The molecule has 4 heteroatoms. The molecule has 0 amide bonds. The average Bonchev–Trinajstić information content (AvgIpc) is 3.18. The number of nitrogens with one attached hydrogen (secondary N) is 1. The number of hydrogen-bond donors (Lipinski definition) is 3. The van der Waals surface area contributed by atoms with Gasteiger partial charge in [-0.3, -0.25) is 0 Å². The molecule has 4 nitrogen and oxygen atoms in total. The van der Waals surface area contributed by atoms with E-state index in [9.17, 15) is 0 Å². The van der Waals surface area contributed by atoms with E-state index in [2.05, 4.69) is 41.7 Å². The number of hydrogen-bond acceptors (Lipinski definition) is 3. The number of nitrogens with zero attached hydrogens (tertiary/aromatic N) is 1. The molecule has 0 radical (unpaired) electrons. The van der Waals surface area contributed by atoms with E-state index in [0.29, 0.717) is 18.3 Å². The van der Waals surface area contributed by atoms with E-state index in [1.807, 2.05) is 6.07 Å². The van der Waals surface area contributed by atoms with Crippen LogP contribution in [-0.4, -0.2) is 23.6 Å². The maximum Gasteiger partial charge on any atom is 0.139 e. The van der Waals surface area contributed by atoms with Crippen molar-refractivity contribution in [3.8, 4) is 0 Å². The first kappa shape index (κ1) is 13.9. The minimum Gasteiger partial charge on any atom is -0.409 e. The van der Waals surface area contributed by atoms with Gasteiger partial charge in [0, 0.05) is 19.0 Å². The van der Waals surface area contributed by atoms with Gasteiger partial charge in [-0.1, -0.05) is 35.5 Å². The Balaban J connectivity index is 1.76. The number of amidine groups is 1. The lowest BCUT2D eigenvalue weighted by molar-refractivity contribution is 0.313. The van der Waals surface area contributed by atoms with Crippen molar-refractivity contribution in [2.45, 2.75) is 38.6 Å². The summed E-state index contributed by atoms with van der Waals surface area (Å²) in [6.45, 7) is 3.14. The van der Waals surface area contributed by atoms with Gasteiger partial charge in [-0.2, -0.15) is 0 Å². The minimum absolute atomic E-state index is 0.223. The molecule has 2 rings (SSSR count). The van der Waals surface area contributed by atoms with Gasteiger partial charge in [0.25, 0.3) is 0 Å². The number of rotatable bonds is 7. The van der Waals surface area contributed by atoms with Crippen molar-refractivity contribution in [1.82, 2.24) is 5.32 Å². The molecule has 0 bridgehead atoms. The average molecular weight is 261 g/mol. The molecular weight excluding hydrogens is 238 g/mol. The van der Waals surface area contributed by atoms with E-state index in [0.717, 1.165) is 25.8 Å². The van der Waals surface area contributed by atoms with Crippen LogP contribution in [0.15, 0.2) is 35.5 Å². The second-order valence-corrected chi connectivity index (χ2v) is 5.74. The Hall–Kier alpha value is -1.55. The highest BCUT2D eigenvalue weighted by molar-refractivity contribution is 5.80. The van der Waals surface area contributed by atoms with Gasteiger partial charge in [-0.25, -0.2) is 0 Å². The van der Waals surface area contributed by atoms with Crippen LogP contribution >= 0.6 is 0 Å². The van der Waals surface area contributed by atoms with Crippen molar-refractivity contribution < 1.29 is 5.21 Å². The summed E-state index contributed by atoms with van der Waals surface area (Å²) in [7, 11) is 0. The molecule has 1 fully saturated rings. The lowest BCUT2D eigenvalue weighted by atomic mass is 10.0. The zero-order valence-electron chi connectivity index (χ0n) is 11.5. The fourth-order valence-electron chi connectivity index (χ4n) is 2.44. The number of benzene rings is 1. The predicted molar refractivity (Wildman–Crippen MR) is 77.3 cm³/mol. The Labute approximate surface area is 114 Å². The Morgan fingerprint density at radius 1 is 1.42 bits per heavy atom. The van der Waals surface area contributed by atoms with E-state index in [1.165, 1.54) is 5.56 Å². The highest BCUT2D eigenvalue weighted by Gasteiger charge is 2.43. The van der Waals surface area contributed by atoms with Crippen LogP contribution in [0.1, 0.15) is 31.7 Å². The molecule has 0 saturated heterocycles. The van der Waals surface area contributed by atoms with Gasteiger partial charge >= 0.3 is 0 Å². The Morgan fingerprint density at radius 3 is 2.68 bits per heavy atom. The van der Waals surface area contributed by atoms with Gasteiger partial charge in [0.05, 0.1) is 0 Å². The van der Waals surface area contributed by atoms with Crippen molar-refractivity contribution in [2.75, 3.05) is 6.54 Å². The van der Waals surface area contributed by atoms with Crippen LogP contribution in [0.5, 0.6) is 0 Å². The second kappa shape index (κ2) is 6.06. The van der Waals surface area contributed by atoms with E-state index in [1.54, 1.807) is 0 Å². The summed E-state index contributed by atoms with van der Waals surface area (Å²) in [4.78, 5) is 0. The summed E-state index contributed by atoms with van der Waals surface area (Å²) in [6.07, 6.45) is 4.04. The van der Waals surface area contributed by atoms with Crippen LogP contribution in [0.25, 0.3) is 0 Å². The fraction of sp³-hybridized carbons (Fsp3) is 0.533. The largest absolute Gasteiger partial charge is 0.409 e. The maximum absolute atomic E-state index is 8.64. The molecule has 1 aliphatic rings. The quantitative estimate of drug-likeness (QED) is 0.305. The predicted octanol–water partition coefficient (Wildman–Crippen LogP) is 2.12. The van der Waals surface area contributed by atoms with Gasteiger partial charge < -0.3 is 16.3 Å². The molecule has 4 N–H and O–H groups in total. The summed E-state index contributed by atoms with van der Waals surface area (Å²) < 4.78 is 0. The smallest absolute Gasteiger partial charge is 0.139 e. The zero-order chi connectivity index (χ0) is 13.7. The molecule has 0 heterocycles. The van der Waals surface area contributed by atoms with E-state index < -0.39 is 0 Å². The van der Waals surface area contributed by atoms with Crippen LogP contribution in [0.4, 0.5) is 0 Å². The molecule has 0 aromatic heterocycles. The van der Waals surface area contributed by atoms with Crippen molar-refractivity contribution in [2.24, 2.45) is 16.3 Å². The third-order valence-electron chi connectivity index (χ3n) is 3.85. The highest BCUT2D eigenvalue weighted by Crippen LogP contribution is 2.48. The van der Waals surface area contributed by atoms with Crippen molar-refractivity contribution in [3.05, 3.63) is 35.9 Å². The summed E-state index contributed by atoms with van der Waals surface area (Å²) >= 11 is 0. The second-order valence-electron chi connectivity index (χ2n) is 5.74. The molecule has 104 valence electrons. The zero-order valence-corrected chi connectivity index (χ0v) is 11.5. The van der Waals surface area contributed by atoms with Crippen LogP contribution < -0.4 is 11.1 Å². The summed E-state index contributed by atoms with van der Waals surface area (Å²) in [6, 6.07) is 10.9. The summed E-state index contributed by atoms with van der Waals surface area (Å²) in [5.41, 5.74) is 7.18. The lowest BCUT2D eigenvalue weighted by Crippen LogP contribution is -2.35. The number of oxime groups is 1. The van der Waals surface area contributed by atoms with Gasteiger partial charge in [0.2, 0.25) is 0 Å². The molecule has 1 saturated carbocycles. The normalized spacial score (nSPS) is 19.1. The third-order valence-corrected chi connectivity index (χ3v) is 3.85. The fourth-order valence-corrected chi connectivity index (χ4v) is 2.44. The van der Waals surface area contributed by atoms with Crippen LogP contribution in [-0.2, 0) is 6.42 Å². The molecular formula is C15H23N3O. The molecule has 0 spiro atoms. The Kier molecular flexibility index (Phi) is 4.43. The Morgan fingerprint density at radius 2 is 2.11 bits per heavy atom. The molecule has 19 heavy (non-hydrogen) atoms. The highest BCUT2D eigenvalue weighted by atomic mass is 16.4. The lowest BCUT2D eigenvalue weighted by Gasteiger charge is -2.19. The first-order valence-electron chi connectivity index (χ1n) is 6.87.